The third-order valence-corrected chi connectivity index (χ3v) is 5.30. The van der Waals surface area contributed by atoms with Crippen LogP contribution in [0.15, 0.2) is 28.8 Å². The van der Waals surface area contributed by atoms with Crippen LogP contribution in [0.5, 0.6) is 0 Å². The molecule has 0 bridgehead atoms. The zero-order valence-corrected chi connectivity index (χ0v) is 17.9. The van der Waals surface area contributed by atoms with Crippen molar-refractivity contribution in [1.82, 2.24) is 24.8 Å². The second-order valence-corrected chi connectivity index (χ2v) is 7.81. The molecule has 0 radical (unpaired) electrons. The Hall–Kier alpha value is -2.25. The van der Waals surface area contributed by atoms with Crippen LogP contribution in [0.3, 0.4) is 0 Å². The van der Waals surface area contributed by atoms with Gasteiger partial charge in [0.15, 0.2) is 0 Å². The number of benzene rings is 1. The summed E-state index contributed by atoms with van der Waals surface area (Å²) < 4.78 is 5.45. The topological polar surface area (TPSA) is 65.7 Å². The van der Waals surface area contributed by atoms with E-state index in [0.29, 0.717) is 24.8 Å². The van der Waals surface area contributed by atoms with Crippen LogP contribution in [0.1, 0.15) is 38.1 Å². The van der Waals surface area contributed by atoms with Crippen molar-refractivity contribution in [1.29, 1.82) is 0 Å². The minimum Gasteiger partial charge on any atom is -0.342 e. The summed E-state index contributed by atoms with van der Waals surface area (Å²) in [5.41, 5.74) is 2.18. The van der Waals surface area contributed by atoms with E-state index >= 15 is 0 Å². The second kappa shape index (κ2) is 10.5. The highest BCUT2D eigenvalue weighted by Crippen LogP contribution is 2.17. The summed E-state index contributed by atoms with van der Waals surface area (Å²) in [4.78, 5) is 23.7. The van der Waals surface area contributed by atoms with Crippen LogP contribution in [0.25, 0.3) is 11.4 Å². The molecule has 0 N–H and O–H groups in total. The zero-order chi connectivity index (χ0) is 20.6. The number of carbonyl (C=O) groups is 1. The third-order valence-electron chi connectivity index (χ3n) is 5.30. The number of amides is 1. The molecule has 1 aromatic carbocycles. The van der Waals surface area contributed by atoms with Crippen LogP contribution in [0.2, 0.25) is 0 Å². The van der Waals surface area contributed by atoms with Crippen molar-refractivity contribution < 1.29 is 9.32 Å². The maximum absolute atomic E-state index is 12.6. The van der Waals surface area contributed by atoms with Crippen molar-refractivity contribution >= 4 is 5.91 Å². The molecular weight excluding hydrogens is 366 g/mol. The molecule has 0 unspecified atom stereocenters. The van der Waals surface area contributed by atoms with Gasteiger partial charge in [-0.05, 0) is 19.8 Å². The maximum Gasteiger partial charge on any atom is 0.241 e. The summed E-state index contributed by atoms with van der Waals surface area (Å²) in [5.74, 6) is 1.53. The molecule has 1 aliphatic rings. The van der Waals surface area contributed by atoms with Gasteiger partial charge in [0.25, 0.3) is 0 Å². The fourth-order valence-electron chi connectivity index (χ4n) is 3.63. The van der Waals surface area contributed by atoms with Gasteiger partial charge in [0.05, 0.1) is 13.1 Å². The molecule has 7 nitrogen and oxygen atoms in total. The Kier molecular flexibility index (Phi) is 7.77. The summed E-state index contributed by atoms with van der Waals surface area (Å²) in [6.07, 6.45) is 2.02. The van der Waals surface area contributed by atoms with Crippen molar-refractivity contribution in [2.75, 3.05) is 45.8 Å². The molecule has 0 spiro atoms. The van der Waals surface area contributed by atoms with Crippen molar-refractivity contribution in [3.63, 3.8) is 0 Å². The first kappa shape index (κ1) is 21.5. The van der Waals surface area contributed by atoms with E-state index in [1.165, 1.54) is 5.56 Å². The van der Waals surface area contributed by atoms with Gasteiger partial charge < -0.3 is 9.42 Å². The molecule has 0 atom stereocenters. The standard InChI is InChI=1S/C22H33N5O2/c1-4-10-27(11-5-2)21(28)17-26-14-12-25(13-15-26)16-20-23-22(24-29-20)19-8-6-18(3)7-9-19/h6-9H,4-5,10-17H2,1-3H3. The average molecular weight is 400 g/mol. The number of rotatable bonds is 9. The molecule has 1 amide bonds. The van der Waals surface area contributed by atoms with Crippen LogP contribution in [-0.4, -0.2) is 76.6 Å². The van der Waals surface area contributed by atoms with Crippen molar-refractivity contribution in [2.45, 2.75) is 40.2 Å². The minimum atomic E-state index is 0.252. The SMILES string of the molecule is CCCN(CCC)C(=O)CN1CCN(Cc2nc(-c3ccc(C)cc3)no2)CC1. The largest absolute Gasteiger partial charge is 0.342 e. The Morgan fingerprint density at radius 2 is 1.66 bits per heavy atom. The van der Waals surface area contributed by atoms with Crippen LogP contribution in [0.4, 0.5) is 0 Å². The van der Waals surface area contributed by atoms with Crippen molar-refractivity contribution in [3.8, 4) is 11.4 Å². The summed E-state index contributed by atoms with van der Waals surface area (Å²) in [6.45, 7) is 12.8. The van der Waals surface area contributed by atoms with Crippen LogP contribution in [0, 0.1) is 6.92 Å². The fraction of sp³-hybridized carbons (Fsp3) is 0.591. The first-order valence-corrected chi connectivity index (χ1v) is 10.7. The van der Waals surface area contributed by atoms with Gasteiger partial charge in [0.2, 0.25) is 17.6 Å². The lowest BCUT2D eigenvalue weighted by molar-refractivity contribution is -0.133. The van der Waals surface area contributed by atoms with Gasteiger partial charge in [-0.3, -0.25) is 14.6 Å². The van der Waals surface area contributed by atoms with E-state index in [1.807, 2.05) is 29.2 Å². The quantitative estimate of drug-likeness (QED) is 0.646. The predicted octanol–water partition coefficient (Wildman–Crippen LogP) is 2.81. The van der Waals surface area contributed by atoms with Crippen LogP contribution >= 0.6 is 0 Å². The second-order valence-electron chi connectivity index (χ2n) is 7.81. The van der Waals surface area contributed by atoms with E-state index in [-0.39, 0.29) is 5.91 Å². The van der Waals surface area contributed by atoms with E-state index < -0.39 is 0 Å². The predicted molar refractivity (Wildman–Crippen MR) is 113 cm³/mol. The van der Waals surface area contributed by atoms with Crippen LogP contribution < -0.4 is 0 Å². The number of carbonyl (C=O) groups excluding carboxylic acids is 1. The lowest BCUT2D eigenvalue weighted by Gasteiger charge is -2.34. The summed E-state index contributed by atoms with van der Waals surface area (Å²) >= 11 is 0. The Balaban J connectivity index is 1.46. The van der Waals surface area contributed by atoms with Crippen LogP contribution in [-0.2, 0) is 11.3 Å². The third kappa shape index (κ3) is 6.11. The number of nitrogens with zero attached hydrogens (tertiary/aromatic N) is 5. The summed E-state index contributed by atoms with van der Waals surface area (Å²) in [6, 6.07) is 8.13. The van der Waals surface area contributed by atoms with E-state index in [0.717, 1.165) is 57.7 Å². The van der Waals surface area contributed by atoms with E-state index in [9.17, 15) is 4.79 Å². The molecule has 0 saturated carbocycles. The Morgan fingerprint density at radius 3 is 2.28 bits per heavy atom. The maximum atomic E-state index is 12.6. The molecule has 1 saturated heterocycles. The lowest BCUT2D eigenvalue weighted by Crippen LogP contribution is -2.50. The zero-order valence-electron chi connectivity index (χ0n) is 17.9. The molecule has 1 aromatic heterocycles. The molecule has 158 valence electrons. The minimum absolute atomic E-state index is 0.252. The van der Waals surface area contributed by atoms with Gasteiger partial charge in [-0.25, -0.2) is 0 Å². The molecule has 0 aliphatic carbocycles. The smallest absolute Gasteiger partial charge is 0.241 e. The van der Waals surface area contributed by atoms with E-state index in [4.69, 9.17) is 4.52 Å². The first-order valence-electron chi connectivity index (χ1n) is 10.7. The summed E-state index contributed by atoms with van der Waals surface area (Å²) in [7, 11) is 0. The van der Waals surface area contributed by atoms with E-state index in [1.54, 1.807) is 0 Å². The van der Waals surface area contributed by atoms with E-state index in [2.05, 4.69) is 40.7 Å². The Labute approximate surface area is 173 Å². The molecule has 3 rings (SSSR count). The molecule has 7 heteroatoms. The molecule has 29 heavy (non-hydrogen) atoms. The Morgan fingerprint density at radius 1 is 1.03 bits per heavy atom. The highest BCUT2D eigenvalue weighted by Gasteiger charge is 2.22. The van der Waals surface area contributed by atoms with Gasteiger partial charge >= 0.3 is 0 Å². The molecule has 2 aromatic rings. The van der Waals surface area contributed by atoms with Crippen molar-refractivity contribution in [3.05, 3.63) is 35.7 Å². The number of hydrogen-bond donors (Lipinski definition) is 0. The molecule has 1 aliphatic heterocycles. The average Bonchev–Trinajstić information content (AvgIpc) is 3.18. The number of hydrogen-bond acceptors (Lipinski definition) is 6. The molecule has 2 heterocycles. The fourth-order valence-corrected chi connectivity index (χ4v) is 3.63. The van der Waals surface area contributed by atoms with Gasteiger partial charge in [-0.2, -0.15) is 4.98 Å². The highest BCUT2D eigenvalue weighted by molar-refractivity contribution is 5.78. The van der Waals surface area contributed by atoms with Gasteiger partial charge in [0, 0.05) is 44.8 Å². The van der Waals surface area contributed by atoms with Gasteiger partial charge in [0.1, 0.15) is 0 Å². The molecular formula is C22H33N5O2. The number of aromatic nitrogens is 2. The lowest BCUT2D eigenvalue weighted by atomic mass is 10.1. The van der Waals surface area contributed by atoms with Gasteiger partial charge in [-0.1, -0.05) is 48.8 Å². The molecule has 1 fully saturated rings. The van der Waals surface area contributed by atoms with Gasteiger partial charge in [-0.15, -0.1) is 0 Å². The monoisotopic (exact) mass is 399 g/mol. The summed E-state index contributed by atoms with van der Waals surface area (Å²) in [5, 5.41) is 4.12. The Bertz CT molecular complexity index is 760. The first-order chi connectivity index (χ1) is 14.1. The number of aryl methyl sites for hydroxylation is 1. The normalized spacial score (nSPS) is 15.6. The number of piperazine rings is 1. The highest BCUT2D eigenvalue weighted by atomic mass is 16.5. The van der Waals surface area contributed by atoms with Crippen molar-refractivity contribution in [2.24, 2.45) is 0 Å².